The fraction of sp³-hybridized carbons (Fsp3) is 0. The van der Waals surface area contributed by atoms with E-state index in [1.54, 1.807) is 22.7 Å². The van der Waals surface area contributed by atoms with Crippen LogP contribution in [-0.4, -0.2) is 19.9 Å². The number of rotatable bonds is 5. The summed E-state index contributed by atoms with van der Waals surface area (Å²) in [5.41, 5.74) is 7.43. The Morgan fingerprint density at radius 2 is 1.00 bits per heavy atom. The number of hydrogen-bond acceptors (Lipinski definition) is 7. The zero-order valence-electron chi connectivity index (χ0n) is 28.0. The topological polar surface area (TPSA) is 51.6 Å². The van der Waals surface area contributed by atoms with Gasteiger partial charge in [-0.3, -0.25) is 0 Å². The molecule has 0 bridgehead atoms. The molecule has 0 aliphatic rings. The fourth-order valence-electron chi connectivity index (χ4n) is 7.28. The molecule has 0 saturated heterocycles. The average Bonchev–Trinajstić information content (AvgIpc) is 3.94. The molecule has 11 rings (SSSR count). The molecule has 0 radical (unpaired) electrons. The van der Waals surface area contributed by atoms with Crippen molar-refractivity contribution >= 4 is 84.6 Å². The number of nitrogens with zero attached hydrogens (tertiary/aromatic N) is 4. The summed E-state index contributed by atoms with van der Waals surface area (Å²) in [6.07, 6.45) is 0. The molecule has 0 unspecified atom stereocenters. The molecule has 0 spiro atoms. The van der Waals surface area contributed by atoms with Crippen molar-refractivity contribution in [1.29, 1.82) is 0 Å². The SMILES string of the molecule is c1ccc(-c2nc(-c3cccc(-c4cccc5c4sc4ccc(-c6nc7ccccc7s6)cc45)c3)nc(-c3cccc4sc5ccccc5c34)n2)cc1. The summed E-state index contributed by atoms with van der Waals surface area (Å²) in [5.74, 6) is 1.98. The number of hydrogen-bond donors (Lipinski definition) is 0. The van der Waals surface area contributed by atoms with Crippen molar-refractivity contribution in [2.45, 2.75) is 0 Å². The van der Waals surface area contributed by atoms with Gasteiger partial charge >= 0.3 is 0 Å². The lowest BCUT2D eigenvalue weighted by molar-refractivity contribution is 1.08. The summed E-state index contributed by atoms with van der Waals surface area (Å²) in [4.78, 5) is 20.3. The second-order valence-electron chi connectivity index (χ2n) is 13.0. The van der Waals surface area contributed by atoms with Gasteiger partial charge in [-0.15, -0.1) is 34.0 Å². The predicted molar refractivity (Wildman–Crippen MR) is 226 cm³/mol. The molecular weight excluding hydrogens is 705 g/mol. The molecule has 53 heavy (non-hydrogen) atoms. The Balaban J connectivity index is 1.05. The monoisotopic (exact) mass is 730 g/mol. The minimum absolute atomic E-state index is 0.649. The van der Waals surface area contributed by atoms with Crippen LogP contribution in [0.5, 0.6) is 0 Å². The van der Waals surface area contributed by atoms with Gasteiger partial charge in [0.25, 0.3) is 0 Å². The number of para-hydroxylation sites is 1. The highest BCUT2D eigenvalue weighted by Crippen LogP contribution is 2.43. The molecule has 0 saturated carbocycles. The summed E-state index contributed by atoms with van der Waals surface area (Å²) in [5, 5.41) is 5.95. The summed E-state index contributed by atoms with van der Waals surface area (Å²) in [7, 11) is 0. The van der Waals surface area contributed by atoms with Crippen LogP contribution in [0.3, 0.4) is 0 Å². The predicted octanol–water partition coefficient (Wildman–Crippen LogP) is 13.6. The molecule has 248 valence electrons. The fourth-order valence-corrected chi connectivity index (χ4v) is 10.6. The highest BCUT2D eigenvalue weighted by atomic mass is 32.1. The van der Waals surface area contributed by atoms with Gasteiger partial charge in [-0.05, 0) is 53.6 Å². The van der Waals surface area contributed by atoms with E-state index in [1.165, 1.54) is 50.6 Å². The lowest BCUT2D eigenvalue weighted by Crippen LogP contribution is -2.00. The Kier molecular flexibility index (Phi) is 7.05. The number of aromatic nitrogens is 4. The van der Waals surface area contributed by atoms with E-state index >= 15 is 0 Å². The Morgan fingerprint density at radius 3 is 1.91 bits per heavy atom. The van der Waals surface area contributed by atoms with Gasteiger partial charge in [-0.25, -0.2) is 19.9 Å². The van der Waals surface area contributed by atoms with Crippen LogP contribution in [0.4, 0.5) is 0 Å². The van der Waals surface area contributed by atoms with E-state index in [9.17, 15) is 0 Å². The van der Waals surface area contributed by atoms with Crippen LogP contribution >= 0.6 is 34.0 Å². The van der Waals surface area contributed by atoms with Crippen LogP contribution in [0, 0.1) is 0 Å². The van der Waals surface area contributed by atoms with Crippen molar-refractivity contribution in [2.75, 3.05) is 0 Å². The van der Waals surface area contributed by atoms with Gasteiger partial charge in [-0.2, -0.15) is 0 Å². The number of thiazole rings is 1. The normalized spacial score (nSPS) is 11.8. The van der Waals surface area contributed by atoms with Crippen LogP contribution < -0.4 is 0 Å². The van der Waals surface area contributed by atoms with E-state index in [2.05, 4.69) is 133 Å². The average molecular weight is 731 g/mol. The standard InChI is InChI=1S/C46H26N4S3/c1-2-11-27(12-3-1)43-48-44(50-45(49-43)34-18-10-22-40-41(34)33-15-4-6-20-37(33)51-40)29-14-8-13-28(25-29)31-16-9-17-32-35-26-30(23-24-38(35)52-42(31)32)46-47-36-19-5-7-21-39(36)53-46/h1-26H. The molecule has 0 aliphatic heterocycles. The lowest BCUT2D eigenvalue weighted by atomic mass is 10.00. The molecule has 0 atom stereocenters. The first kappa shape index (κ1) is 30.5. The minimum atomic E-state index is 0.649. The number of benzene rings is 7. The van der Waals surface area contributed by atoms with Gasteiger partial charge in [0, 0.05) is 62.6 Å². The Hall–Kier alpha value is -6.12. The molecule has 0 aliphatic carbocycles. The molecule has 0 fully saturated rings. The molecule has 0 N–H and O–H groups in total. The van der Waals surface area contributed by atoms with Crippen LogP contribution in [0.25, 0.3) is 106 Å². The van der Waals surface area contributed by atoms with Gasteiger partial charge in [0.05, 0.1) is 10.2 Å². The largest absolute Gasteiger partial charge is 0.236 e. The van der Waals surface area contributed by atoms with Crippen molar-refractivity contribution in [3.8, 4) is 55.9 Å². The third-order valence-electron chi connectivity index (χ3n) is 9.78. The molecule has 11 aromatic rings. The summed E-state index contributed by atoms with van der Waals surface area (Å²) < 4.78 is 6.20. The molecule has 7 aromatic carbocycles. The maximum Gasteiger partial charge on any atom is 0.164 e. The van der Waals surface area contributed by atoms with Gasteiger partial charge in [0.2, 0.25) is 0 Å². The smallest absolute Gasteiger partial charge is 0.164 e. The second-order valence-corrected chi connectivity index (χ2v) is 16.2. The minimum Gasteiger partial charge on any atom is -0.236 e. The molecule has 4 aromatic heterocycles. The molecular formula is C46H26N4S3. The molecule has 0 amide bonds. The van der Waals surface area contributed by atoms with E-state index in [0.717, 1.165) is 38.3 Å². The second kappa shape index (κ2) is 12.2. The third-order valence-corrected chi connectivity index (χ3v) is 13.2. The maximum absolute atomic E-state index is 5.20. The van der Waals surface area contributed by atoms with Gasteiger partial charge < -0.3 is 0 Å². The lowest BCUT2D eigenvalue weighted by Gasteiger charge is -2.11. The van der Waals surface area contributed by atoms with Gasteiger partial charge in [-0.1, -0.05) is 115 Å². The maximum atomic E-state index is 5.20. The molecule has 4 heterocycles. The van der Waals surface area contributed by atoms with E-state index in [-0.39, 0.29) is 0 Å². The van der Waals surface area contributed by atoms with Gasteiger partial charge in [0.1, 0.15) is 5.01 Å². The third kappa shape index (κ3) is 5.16. The first-order chi connectivity index (χ1) is 26.2. The van der Waals surface area contributed by atoms with E-state index in [0.29, 0.717) is 17.5 Å². The van der Waals surface area contributed by atoms with Crippen LogP contribution in [0.2, 0.25) is 0 Å². The van der Waals surface area contributed by atoms with Crippen molar-refractivity contribution in [2.24, 2.45) is 0 Å². The quantitative estimate of drug-likeness (QED) is 0.177. The van der Waals surface area contributed by atoms with E-state index in [4.69, 9.17) is 19.9 Å². The summed E-state index contributed by atoms with van der Waals surface area (Å²) in [6, 6.07) is 55.6. The zero-order valence-corrected chi connectivity index (χ0v) is 30.5. The molecule has 4 nitrogen and oxygen atoms in total. The van der Waals surface area contributed by atoms with Crippen molar-refractivity contribution in [3.05, 3.63) is 158 Å². The van der Waals surface area contributed by atoms with E-state index < -0.39 is 0 Å². The first-order valence-electron chi connectivity index (χ1n) is 17.4. The highest BCUT2D eigenvalue weighted by Gasteiger charge is 2.18. The highest BCUT2D eigenvalue weighted by molar-refractivity contribution is 7.26. The first-order valence-corrected chi connectivity index (χ1v) is 19.8. The van der Waals surface area contributed by atoms with Crippen molar-refractivity contribution in [1.82, 2.24) is 19.9 Å². The van der Waals surface area contributed by atoms with Gasteiger partial charge in [0.15, 0.2) is 17.5 Å². The van der Waals surface area contributed by atoms with Crippen LogP contribution in [0.15, 0.2) is 158 Å². The number of thiophene rings is 2. The Bertz CT molecular complexity index is 3160. The number of fused-ring (bicyclic) bond motifs is 7. The van der Waals surface area contributed by atoms with Crippen LogP contribution in [0.1, 0.15) is 0 Å². The summed E-state index contributed by atoms with van der Waals surface area (Å²) in [6.45, 7) is 0. The van der Waals surface area contributed by atoms with Crippen molar-refractivity contribution in [3.63, 3.8) is 0 Å². The van der Waals surface area contributed by atoms with E-state index in [1.807, 2.05) is 35.6 Å². The Labute approximate surface area is 316 Å². The van der Waals surface area contributed by atoms with Crippen LogP contribution in [-0.2, 0) is 0 Å². The Morgan fingerprint density at radius 1 is 0.340 bits per heavy atom. The molecule has 7 heteroatoms. The summed E-state index contributed by atoms with van der Waals surface area (Å²) >= 11 is 5.38. The van der Waals surface area contributed by atoms with Crippen molar-refractivity contribution < 1.29 is 0 Å². The zero-order chi connectivity index (χ0) is 34.9.